The minimum absolute atomic E-state index is 0.0239. The summed E-state index contributed by atoms with van der Waals surface area (Å²) in [4.78, 5) is 69.1. The maximum atomic E-state index is 13.3. The van der Waals surface area contributed by atoms with E-state index >= 15 is 0 Å². The zero-order valence-electron chi connectivity index (χ0n) is 21.6. The number of morpholine rings is 1. The Bertz CT molecular complexity index is 1250. The molecule has 0 aliphatic carbocycles. The maximum absolute atomic E-state index is 13.3. The summed E-state index contributed by atoms with van der Waals surface area (Å²) in [5, 5.41) is 0. The molecule has 0 radical (unpaired) electrons. The highest BCUT2D eigenvalue weighted by Crippen LogP contribution is 2.27. The number of thiophene rings is 1. The fourth-order valence-corrected chi connectivity index (χ4v) is 5.27. The van der Waals surface area contributed by atoms with Gasteiger partial charge in [-0.15, -0.1) is 11.3 Å². The number of rotatable bonds is 9. The van der Waals surface area contributed by atoms with Gasteiger partial charge in [0.15, 0.2) is 0 Å². The third kappa shape index (κ3) is 6.75. The summed E-state index contributed by atoms with van der Waals surface area (Å²) in [5.74, 6) is -1.52. The summed E-state index contributed by atoms with van der Waals surface area (Å²) in [6, 6.07) is 9.97. The second-order valence-electron chi connectivity index (χ2n) is 9.14. The minimum Gasteiger partial charge on any atom is -0.442 e. The van der Waals surface area contributed by atoms with Gasteiger partial charge in [0.2, 0.25) is 11.8 Å². The van der Waals surface area contributed by atoms with Gasteiger partial charge in [0.25, 0.3) is 11.8 Å². The van der Waals surface area contributed by atoms with Crippen LogP contribution in [0.3, 0.4) is 0 Å². The smallest absolute Gasteiger partial charge is 0.414 e. The van der Waals surface area contributed by atoms with Crippen LogP contribution in [-0.4, -0.2) is 92.1 Å². The van der Waals surface area contributed by atoms with E-state index in [1.54, 1.807) is 35.2 Å². The molecular weight excluding hydrogens is 548 g/mol. The third-order valence-electron chi connectivity index (χ3n) is 6.31. The Labute approximate surface area is 234 Å². The van der Waals surface area contributed by atoms with Crippen LogP contribution in [0.4, 0.5) is 16.2 Å². The third-order valence-corrected chi connectivity index (χ3v) is 7.53. The fourth-order valence-electron chi connectivity index (χ4n) is 4.28. The second kappa shape index (κ2) is 12.6. The van der Waals surface area contributed by atoms with Crippen LogP contribution >= 0.6 is 22.9 Å². The predicted octanol–water partition coefficient (Wildman–Crippen LogP) is 3.02. The van der Waals surface area contributed by atoms with Crippen LogP contribution < -0.4 is 9.80 Å². The Hall–Kier alpha value is -3.48. The number of hydrogen-bond acceptors (Lipinski definition) is 8. The number of halogens is 1. The molecule has 0 saturated carbocycles. The number of benzene rings is 1. The quantitative estimate of drug-likeness (QED) is 0.450. The van der Waals surface area contributed by atoms with Crippen molar-refractivity contribution in [3.63, 3.8) is 0 Å². The van der Waals surface area contributed by atoms with E-state index in [0.29, 0.717) is 35.3 Å². The molecule has 2 aliphatic rings. The van der Waals surface area contributed by atoms with Gasteiger partial charge in [0, 0.05) is 31.4 Å². The lowest BCUT2D eigenvalue weighted by Crippen LogP contribution is -2.47. The number of nitrogens with zero attached hydrogens (tertiary/aromatic N) is 4. The van der Waals surface area contributed by atoms with Crippen molar-refractivity contribution in [1.29, 1.82) is 0 Å². The van der Waals surface area contributed by atoms with Gasteiger partial charge < -0.3 is 19.3 Å². The molecule has 0 N–H and O–H groups in total. The van der Waals surface area contributed by atoms with Crippen LogP contribution in [0.15, 0.2) is 36.4 Å². The van der Waals surface area contributed by atoms with Crippen molar-refractivity contribution in [3.8, 4) is 0 Å². The molecule has 2 saturated heterocycles. The fraction of sp³-hybridized carbons (Fsp3) is 0.423. The molecule has 0 bridgehead atoms. The lowest BCUT2D eigenvalue weighted by Gasteiger charge is -2.27. The molecule has 39 heavy (non-hydrogen) atoms. The number of imide groups is 1. The molecule has 13 heteroatoms. The molecule has 5 amide bonds. The molecule has 1 atom stereocenters. The number of likely N-dealkylation sites (N-methyl/N-ethyl adjacent to an activating group) is 1. The summed E-state index contributed by atoms with van der Waals surface area (Å²) in [6.07, 6.45) is -0.500. The largest absolute Gasteiger partial charge is 0.442 e. The first-order valence-electron chi connectivity index (χ1n) is 12.5. The number of ether oxygens (including phenoxy) is 2. The Balaban J connectivity index is 1.47. The van der Waals surface area contributed by atoms with E-state index in [1.165, 1.54) is 22.9 Å². The average molecular weight is 577 g/mol. The lowest BCUT2D eigenvalue weighted by atomic mass is 10.2. The number of anilines is 2. The SMILES string of the molecule is CCCC(=O)N(C)CC(=O)N(C[C@H]1CN(c2ccc(N3CCOCC3=O)cc2)C(=O)O1)C(=O)c1ccc(Cl)s1. The van der Waals surface area contributed by atoms with E-state index in [-0.39, 0.29) is 49.4 Å². The van der Waals surface area contributed by atoms with Crippen LogP contribution in [-0.2, 0) is 23.9 Å². The van der Waals surface area contributed by atoms with Crippen molar-refractivity contribution in [2.24, 2.45) is 0 Å². The zero-order valence-corrected chi connectivity index (χ0v) is 23.2. The molecule has 2 aromatic rings. The molecule has 2 fully saturated rings. The summed E-state index contributed by atoms with van der Waals surface area (Å²) in [6.45, 7) is 2.39. The van der Waals surface area contributed by atoms with E-state index in [9.17, 15) is 24.0 Å². The first kappa shape index (κ1) is 28.5. The summed E-state index contributed by atoms with van der Waals surface area (Å²) < 4.78 is 11.1. The number of hydrogen-bond donors (Lipinski definition) is 0. The van der Waals surface area contributed by atoms with E-state index < -0.39 is 24.0 Å². The van der Waals surface area contributed by atoms with E-state index in [0.717, 1.165) is 16.2 Å². The molecule has 11 nitrogen and oxygen atoms in total. The zero-order chi connectivity index (χ0) is 28.1. The number of cyclic esters (lactones) is 1. The highest BCUT2D eigenvalue weighted by atomic mass is 35.5. The van der Waals surface area contributed by atoms with E-state index in [4.69, 9.17) is 21.1 Å². The average Bonchev–Trinajstić information content (AvgIpc) is 3.52. The van der Waals surface area contributed by atoms with Gasteiger partial charge in [-0.25, -0.2) is 4.79 Å². The standard InChI is InChI=1S/C26H29ClN4O7S/c1-3-4-22(32)28(2)15-23(33)31(25(35)20-9-10-21(27)39-20)14-19-13-30(26(36)38-19)18-7-5-17(6-8-18)29-11-12-37-16-24(29)34/h5-10,19H,3-4,11-16H2,1-2H3/t19-/m1/s1. The van der Waals surface area contributed by atoms with E-state index in [2.05, 4.69) is 0 Å². The maximum Gasteiger partial charge on any atom is 0.414 e. The Morgan fingerprint density at radius 3 is 2.36 bits per heavy atom. The van der Waals surface area contributed by atoms with Crippen LogP contribution in [0.5, 0.6) is 0 Å². The number of carbonyl (C=O) groups is 5. The van der Waals surface area contributed by atoms with Crippen molar-refractivity contribution in [2.45, 2.75) is 25.9 Å². The lowest BCUT2D eigenvalue weighted by molar-refractivity contribution is -0.138. The minimum atomic E-state index is -0.794. The topological polar surface area (TPSA) is 117 Å². The molecule has 1 aromatic carbocycles. The molecule has 4 rings (SSSR count). The first-order valence-corrected chi connectivity index (χ1v) is 13.7. The monoisotopic (exact) mass is 576 g/mol. The highest BCUT2D eigenvalue weighted by Gasteiger charge is 2.37. The van der Waals surface area contributed by atoms with Crippen molar-refractivity contribution in [1.82, 2.24) is 9.80 Å². The second-order valence-corrected chi connectivity index (χ2v) is 10.9. The van der Waals surface area contributed by atoms with Gasteiger partial charge in [-0.2, -0.15) is 0 Å². The van der Waals surface area contributed by atoms with Crippen molar-refractivity contribution >= 4 is 64.0 Å². The molecule has 1 aromatic heterocycles. The van der Waals surface area contributed by atoms with E-state index in [1.807, 2.05) is 6.92 Å². The van der Waals surface area contributed by atoms with Crippen LogP contribution in [0.2, 0.25) is 4.34 Å². The van der Waals surface area contributed by atoms with Crippen molar-refractivity contribution in [2.75, 3.05) is 56.2 Å². The van der Waals surface area contributed by atoms with Crippen LogP contribution in [0.1, 0.15) is 29.4 Å². The summed E-state index contributed by atoms with van der Waals surface area (Å²) in [7, 11) is 1.51. The molecule has 208 valence electrons. The van der Waals surface area contributed by atoms with Gasteiger partial charge in [0.05, 0.1) is 35.5 Å². The predicted molar refractivity (Wildman–Crippen MR) is 145 cm³/mol. The van der Waals surface area contributed by atoms with Gasteiger partial charge in [-0.05, 0) is 42.8 Å². The van der Waals surface area contributed by atoms with Crippen LogP contribution in [0, 0.1) is 0 Å². The van der Waals surface area contributed by atoms with Gasteiger partial charge >= 0.3 is 6.09 Å². The Kier molecular flexibility index (Phi) is 9.20. The molecule has 3 heterocycles. The Morgan fingerprint density at radius 2 is 1.74 bits per heavy atom. The van der Waals surface area contributed by atoms with Gasteiger partial charge in [-0.1, -0.05) is 18.5 Å². The summed E-state index contributed by atoms with van der Waals surface area (Å²) >= 11 is 7.03. The first-order chi connectivity index (χ1) is 18.7. The normalized spacial score (nSPS) is 17.3. The molecule has 2 aliphatic heterocycles. The number of carbonyl (C=O) groups excluding carboxylic acids is 5. The van der Waals surface area contributed by atoms with Gasteiger partial charge in [-0.3, -0.25) is 29.0 Å². The van der Waals surface area contributed by atoms with Gasteiger partial charge in [0.1, 0.15) is 12.7 Å². The molecule has 0 unspecified atom stereocenters. The van der Waals surface area contributed by atoms with Crippen molar-refractivity contribution < 1.29 is 33.4 Å². The molecule has 0 spiro atoms. The molecular formula is C26H29ClN4O7S. The number of amides is 5. The Morgan fingerprint density at radius 1 is 1.05 bits per heavy atom. The van der Waals surface area contributed by atoms with Crippen molar-refractivity contribution in [3.05, 3.63) is 45.6 Å². The highest BCUT2D eigenvalue weighted by molar-refractivity contribution is 7.18. The summed E-state index contributed by atoms with van der Waals surface area (Å²) in [5.41, 5.74) is 1.24. The van der Waals surface area contributed by atoms with Crippen LogP contribution in [0.25, 0.3) is 0 Å².